The summed E-state index contributed by atoms with van der Waals surface area (Å²) < 4.78 is 58.3. The van der Waals surface area contributed by atoms with Gasteiger partial charge in [0.1, 0.15) is 32.9 Å². The molecule has 0 atom stereocenters. The molecule has 11 heteroatoms. The van der Waals surface area contributed by atoms with Gasteiger partial charge in [-0.15, -0.1) is 49.2 Å². The van der Waals surface area contributed by atoms with Crippen molar-refractivity contribution >= 4 is 44.3 Å². The van der Waals surface area contributed by atoms with Crippen LogP contribution >= 0.6 is 0 Å². The van der Waals surface area contributed by atoms with E-state index < -0.39 is 56.2 Å². The van der Waals surface area contributed by atoms with Crippen LogP contribution in [0.3, 0.4) is 0 Å². The quantitative estimate of drug-likeness (QED) is 0.173. The molecule has 0 spiro atoms. The van der Waals surface area contributed by atoms with E-state index in [9.17, 15) is 17.6 Å². The SMILES string of the molecule is C[Si]1(C)CC[Si](C)(C)N1c1ccc(F)[c-]c1F.C[Si]1(C)CC[Si](C)(C)N1c1ccc(F)[c-]c1F.[C-]1=CC=CC1.[C-]1=CC=CC1.[Ti+4]. The Morgan fingerprint density at radius 1 is 0.533 bits per heavy atom. The van der Waals surface area contributed by atoms with Gasteiger partial charge in [0, 0.05) is 23.3 Å². The second kappa shape index (κ2) is 16.4. The minimum Gasteiger partial charge on any atom is -0.477 e. The second-order valence-corrected chi connectivity index (χ2v) is 33.1. The van der Waals surface area contributed by atoms with Crippen molar-refractivity contribution < 1.29 is 39.3 Å². The monoisotopic (exact) mass is 718 g/mol. The Morgan fingerprint density at radius 2 is 0.844 bits per heavy atom. The van der Waals surface area contributed by atoms with Crippen LogP contribution in [-0.4, -0.2) is 32.9 Å². The summed E-state index contributed by atoms with van der Waals surface area (Å²) in [5.74, 6) is -2.31. The molecule has 4 aliphatic rings. The van der Waals surface area contributed by atoms with Gasteiger partial charge in [0.05, 0.1) is 0 Å². The number of benzene rings is 2. The van der Waals surface area contributed by atoms with Gasteiger partial charge in [-0.2, -0.15) is 12.2 Å². The van der Waals surface area contributed by atoms with Crippen LogP contribution in [0.5, 0.6) is 0 Å². The number of anilines is 2. The van der Waals surface area contributed by atoms with E-state index in [1.165, 1.54) is 36.3 Å². The summed E-state index contributed by atoms with van der Waals surface area (Å²) in [6, 6.07) is 14.9. The third kappa shape index (κ3) is 10.7. The summed E-state index contributed by atoms with van der Waals surface area (Å²) in [7, 11) is -6.33. The first-order chi connectivity index (χ1) is 20.5. The third-order valence-electron chi connectivity index (χ3n) is 8.46. The van der Waals surface area contributed by atoms with Crippen LogP contribution in [0.4, 0.5) is 28.9 Å². The molecule has 0 saturated carbocycles. The van der Waals surface area contributed by atoms with Crippen molar-refractivity contribution in [3.05, 3.63) is 108 Å². The molecule has 2 aromatic carbocycles. The smallest absolute Gasteiger partial charge is 0.477 e. The molecule has 0 aromatic heterocycles. The van der Waals surface area contributed by atoms with Gasteiger partial charge >= 0.3 is 21.7 Å². The van der Waals surface area contributed by atoms with Crippen LogP contribution in [0, 0.1) is 47.6 Å². The van der Waals surface area contributed by atoms with E-state index >= 15 is 0 Å². The Morgan fingerprint density at radius 3 is 1.04 bits per heavy atom. The fourth-order valence-electron chi connectivity index (χ4n) is 6.51. The van der Waals surface area contributed by atoms with Crippen LogP contribution < -0.4 is 8.46 Å². The van der Waals surface area contributed by atoms with E-state index in [1.54, 1.807) is 12.1 Å². The zero-order valence-electron chi connectivity index (χ0n) is 27.9. The normalized spacial score (nSPS) is 20.4. The average Bonchev–Trinajstić information content (AvgIpc) is 3.73. The first-order valence-corrected chi connectivity index (χ1v) is 27.9. The van der Waals surface area contributed by atoms with Gasteiger partial charge in [0.25, 0.3) is 0 Å². The van der Waals surface area contributed by atoms with Crippen molar-refractivity contribution in [1.82, 2.24) is 0 Å². The van der Waals surface area contributed by atoms with Gasteiger partial charge in [-0.05, 0) is 24.2 Å². The Labute approximate surface area is 288 Å². The molecule has 2 nitrogen and oxygen atoms in total. The molecule has 2 saturated heterocycles. The van der Waals surface area contributed by atoms with Crippen molar-refractivity contribution in [1.29, 1.82) is 0 Å². The van der Waals surface area contributed by atoms with Crippen LogP contribution in [-0.2, 0) is 21.7 Å². The molecule has 2 aromatic rings. The summed E-state index contributed by atoms with van der Waals surface area (Å²) in [6.45, 7) is 18.1. The van der Waals surface area contributed by atoms with Gasteiger partial charge in [-0.25, -0.2) is 41.9 Å². The van der Waals surface area contributed by atoms with Crippen molar-refractivity contribution in [3.8, 4) is 0 Å². The van der Waals surface area contributed by atoms with Crippen LogP contribution in [0.2, 0.25) is 76.6 Å². The molecule has 45 heavy (non-hydrogen) atoms. The minimum absolute atomic E-state index is 0. The van der Waals surface area contributed by atoms with Crippen molar-refractivity contribution in [2.24, 2.45) is 0 Å². The first kappa shape index (κ1) is 39.5. The molecule has 0 unspecified atom stereocenters. The maximum atomic E-state index is 13.9. The number of nitrogens with zero attached hydrogens (tertiary/aromatic N) is 2. The third-order valence-corrected chi connectivity index (χ3v) is 28.4. The molecule has 0 amide bonds. The molecular weight excluding hydrogens is 673 g/mol. The standard InChI is InChI=1S/2C12H18F2NSi2.2C5H5.Ti/c2*1-16(2)7-8-17(3,4)15(16)12-6-5-10(13)9-11(12)14;2*1-2-4-5-3-1;/h2*5-6H,7-8H2,1-4H3;2*1-3H,4H2;/q4*-1;+4. The predicted octanol–water partition coefficient (Wildman–Crippen LogP) is 10.6. The molecule has 2 aliphatic carbocycles. The molecule has 0 radical (unpaired) electrons. The van der Waals surface area contributed by atoms with E-state index in [0.29, 0.717) is 11.4 Å². The largest absolute Gasteiger partial charge is 4.00 e. The van der Waals surface area contributed by atoms with Crippen molar-refractivity contribution in [2.75, 3.05) is 8.46 Å². The van der Waals surface area contributed by atoms with E-state index in [4.69, 9.17) is 0 Å². The maximum absolute atomic E-state index is 13.9. The Bertz CT molecular complexity index is 1250. The Balaban J connectivity index is 0.000000235. The number of allylic oxidation sites excluding steroid dienone is 8. The van der Waals surface area contributed by atoms with E-state index in [-0.39, 0.29) is 21.7 Å². The zero-order valence-corrected chi connectivity index (χ0v) is 33.5. The van der Waals surface area contributed by atoms with Gasteiger partial charge < -0.3 is 8.46 Å². The van der Waals surface area contributed by atoms with E-state index in [0.717, 1.165) is 12.8 Å². The Hall–Kier alpha value is -1.70. The molecule has 0 bridgehead atoms. The maximum Gasteiger partial charge on any atom is 4.00 e. The summed E-state index contributed by atoms with van der Waals surface area (Å²) in [5.41, 5.74) is 1.13. The van der Waals surface area contributed by atoms with Crippen molar-refractivity contribution in [2.45, 2.75) is 89.4 Å². The van der Waals surface area contributed by atoms with Gasteiger partial charge in [-0.1, -0.05) is 63.8 Å². The van der Waals surface area contributed by atoms with Crippen molar-refractivity contribution in [3.63, 3.8) is 0 Å². The number of rotatable bonds is 2. The molecule has 2 heterocycles. The summed E-state index contributed by atoms with van der Waals surface area (Å²) in [5, 5.41) is 0. The fraction of sp³-hybridized carbons (Fsp3) is 0.412. The number of halogens is 4. The Kier molecular flexibility index (Phi) is 14.4. The van der Waals surface area contributed by atoms with E-state index in [1.807, 2.05) is 24.3 Å². The van der Waals surface area contributed by atoms with E-state index in [2.05, 4.69) is 97.3 Å². The molecule has 240 valence electrons. The van der Waals surface area contributed by atoms with Crippen LogP contribution in [0.15, 0.2) is 60.7 Å². The topological polar surface area (TPSA) is 6.48 Å². The zero-order chi connectivity index (χ0) is 32.8. The summed E-state index contributed by atoms with van der Waals surface area (Å²) >= 11 is 0. The average molecular weight is 719 g/mol. The number of hydrogen-bond donors (Lipinski definition) is 0. The first-order valence-electron chi connectivity index (χ1n) is 15.3. The summed E-state index contributed by atoms with van der Waals surface area (Å²) in [6.07, 6.45) is 20.0. The molecule has 2 aliphatic heterocycles. The molecule has 6 rings (SSSR count). The second-order valence-electron chi connectivity index (χ2n) is 13.9. The van der Waals surface area contributed by atoms with Gasteiger partial charge in [-0.3, -0.25) is 12.2 Å². The predicted molar refractivity (Wildman–Crippen MR) is 188 cm³/mol. The minimum atomic E-state index is -1.58. The van der Waals surface area contributed by atoms with Crippen LogP contribution in [0.25, 0.3) is 0 Å². The number of hydrogen-bond acceptors (Lipinski definition) is 2. The van der Waals surface area contributed by atoms with Gasteiger partial charge in [0.2, 0.25) is 0 Å². The molecular formula is C34H46F4N2Si4Ti. The van der Waals surface area contributed by atoms with Gasteiger partial charge in [0.15, 0.2) is 0 Å². The van der Waals surface area contributed by atoms with Crippen LogP contribution in [0.1, 0.15) is 12.8 Å². The summed E-state index contributed by atoms with van der Waals surface area (Å²) in [4.78, 5) is 0. The fourth-order valence-corrected chi connectivity index (χ4v) is 34.9. The molecule has 2 fully saturated rings. The molecule has 0 N–H and O–H groups in total.